The molecule has 2 rings (SSSR count). The molecule has 0 atom stereocenters. The molecule has 5 nitrogen and oxygen atoms in total. The number of carbonyl (C=O) groups excluding carboxylic acids is 2. The van der Waals surface area contributed by atoms with Crippen molar-refractivity contribution in [3.05, 3.63) is 29.8 Å². The van der Waals surface area contributed by atoms with Crippen molar-refractivity contribution < 1.29 is 9.59 Å². The highest BCUT2D eigenvalue weighted by Gasteiger charge is 2.35. The van der Waals surface area contributed by atoms with Gasteiger partial charge in [0.15, 0.2) is 0 Å². The van der Waals surface area contributed by atoms with Gasteiger partial charge in [0.2, 0.25) is 5.91 Å². The molecule has 0 aromatic heterocycles. The van der Waals surface area contributed by atoms with Crippen molar-refractivity contribution in [2.24, 2.45) is 5.41 Å². The van der Waals surface area contributed by atoms with E-state index in [-0.39, 0.29) is 23.8 Å². The van der Waals surface area contributed by atoms with E-state index in [9.17, 15) is 9.59 Å². The van der Waals surface area contributed by atoms with Crippen molar-refractivity contribution in [3.63, 3.8) is 0 Å². The van der Waals surface area contributed by atoms with Crippen LogP contribution in [-0.4, -0.2) is 24.9 Å². The van der Waals surface area contributed by atoms with Gasteiger partial charge in [-0.2, -0.15) is 0 Å². The summed E-state index contributed by atoms with van der Waals surface area (Å²) in [4.78, 5) is 23.6. The number of nitrogens with two attached hydrogens (primary N) is 1. The monoisotopic (exact) mass is 289 g/mol. The van der Waals surface area contributed by atoms with E-state index in [1.807, 2.05) is 0 Å². The van der Waals surface area contributed by atoms with Gasteiger partial charge in [-0.05, 0) is 48.9 Å². The maximum atomic E-state index is 11.9. The van der Waals surface area contributed by atoms with Gasteiger partial charge in [0.05, 0.1) is 6.54 Å². The number of carbonyl (C=O) groups is 2. The molecule has 1 aromatic rings. The Morgan fingerprint density at radius 2 is 1.86 bits per heavy atom. The fourth-order valence-electron chi connectivity index (χ4n) is 2.58. The Morgan fingerprint density at radius 3 is 2.38 bits per heavy atom. The molecular formula is C16H23N3O2. The normalized spacial score (nSPS) is 15.9. The van der Waals surface area contributed by atoms with Gasteiger partial charge in [-0.1, -0.05) is 13.3 Å². The first-order chi connectivity index (χ1) is 10.0. The predicted octanol–water partition coefficient (Wildman–Crippen LogP) is 1.70. The third kappa shape index (κ3) is 3.97. The second-order valence-corrected chi connectivity index (χ2v) is 5.79. The first-order valence-corrected chi connectivity index (χ1v) is 7.45. The lowest BCUT2D eigenvalue weighted by molar-refractivity contribution is -0.121. The standard InChI is InChI=1S/C16H23N3O2/c1-2-16(8-3-9-16)11-19-14(20)10-18-15(21)12-4-6-13(17)7-5-12/h4-7H,2-3,8-11,17H2,1H3,(H,18,21)(H,19,20). The summed E-state index contributed by atoms with van der Waals surface area (Å²) in [5, 5.41) is 5.54. The van der Waals surface area contributed by atoms with E-state index in [0.717, 1.165) is 6.42 Å². The van der Waals surface area contributed by atoms with E-state index in [2.05, 4.69) is 17.6 Å². The fraction of sp³-hybridized carbons (Fsp3) is 0.500. The SMILES string of the molecule is CCC1(CNC(=O)CNC(=O)c2ccc(N)cc2)CCC1. The summed E-state index contributed by atoms with van der Waals surface area (Å²) in [5.74, 6) is -0.405. The van der Waals surface area contributed by atoms with Gasteiger partial charge in [0.1, 0.15) is 0 Å². The highest BCUT2D eigenvalue weighted by atomic mass is 16.2. The lowest BCUT2D eigenvalue weighted by Gasteiger charge is -2.41. The molecule has 0 radical (unpaired) electrons. The second kappa shape index (κ2) is 6.61. The molecular weight excluding hydrogens is 266 g/mol. The van der Waals surface area contributed by atoms with Gasteiger partial charge in [-0.15, -0.1) is 0 Å². The lowest BCUT2D eigenvalue weighted by atomic mass is 9.67. The Bertz CT molecular complexity index is 501. The van der Waals surface area contributed by atoms with Crippen LogP contribution in [0.1, 0.15) is 43.0 Å². The van der Waals surface area contributed by atoms with Crippen LogP contribution < -0.4 is 16.4 Å². The number of hydrogen-bond acceptors (Lipinski definition) is 3. The Labute approximate surface area is 125 Å². The second-order valence-electron chi connectivity index (χ2n) is 5.79. The minimum Gasteiger partial charge on any atom is -0.399 e. The Balaban J connectivity index is 1.73. The van der Waals surface area contributed by atoms with Gasteiger partial charge in [0.25, 0.3) is 5.91 Å². The highest BCUT2D eigenvalue weighted by Crippen LogP contribution is 2.42. The molecule has 1 fully saturated rings. The molecule has 1 saturated carbocycles. The number of amides is 2. The molecule has 4 N–H and O–H groups in total. The average Bonchev–Trinajstić information content (AvgIpc) is 2.45. The molecule has 1 aliphatic rings. The van der Waals surface area contributed by atoms with Gasteiger partial charge in [0, 0.05) is 17.8 Å². The van der Waals surface area contributed by atoms with E-state index in [1.165, 1.54) is 19.3 Å². The van der Waals surface area contributed by atoms with Gasteiger partial charge in [-0.3, -0.25) is 9.59 Å². The van der Waals surface area contributed by atoms with Crippen molar-refractivity contribution in [2.45, 2.75) is 32.6 Å². The molecule has 0 bridgehead atoms. The van der Waals surface area contributed by atoms with Crippen LogP contribution in [0.2, 0.25) is 0 Å². The zero-order chi connectivity index (χ0) is 15.3. The molecule has 0 saturated heterocycles. The third-order valence-corrected chi connectivity index (χ3v) is 4.41. The summed E-state index contributed by atoms with van der Waals surface area (Å²) in [7, 11) is 0. The highest BCUT2D eigenvalue weighted by molar-refractivity contribution is 5.96. The lowest BCUT2D eigenvalue weighted by Crippen LogP contribution is -2.45. The Morgan fingerprint density at radius 1 is 1.19 bits per heavy atom. The molecule has 1 aliphatic carbocycles. The molecule has 21 heavy (non-hydrogen) atoms. The van der Waals surface area contributed by atoms with E-state index < -0.39 is 0 Å². The summed E-state index contributed by atoms with van der Waals surface area (Å²) in [6, 6.07) is 6.61. The number of benzene rings is 1. The number of nitrogen functional groups attached to an aromatic ring is 1. The fourth-order valence-corrected chi connectivity index (χ4v) is 2.58. The van der Waals surface area contributed by atoms with Crippen LogP contribution in [0.5, 0.6) is 0 Å². The van der Waals surface area contributed by atoms with Crippen LogP contribution in [0.25, 0.3) is 0 Å². The summed E-state index contributed by atoms with van der Waals surface area (Å²) >= 11 is 0. The molecule has 0 aliphatic heterocycles. The smallest absolute Gasteiger partial charge is 0.251 e. The van der Waals surface area contributed by atoms with Gasteiger partial charge in [-0.25, -0.2) is 0 Å². The molecule has 0 unspecified atom stereocenters. The number of rotatable bonds is 6. The van der Waals surface area contributed by atoms with Crippen LogP contribution in [0.15, 0.2) is 24.3 Å². The molecule has 2 amide bonds. The summed E-state index contributed by atoms with van der Waals surface area (Å²) in [5.41, 5.74) is 6.96. The van der Waals surface area contributed by atoms with Gasteiger partial charge < -0.3 is 16.4 Å². The average molecular weight is 289 g/mol. The van der Waals surface area contributed by atoms with Crippen LogP contribution in [0.4, 0.5) is 5.69 Å². The molecule has 0 spiro atoms. The van der Waals surface area contributed by atoms with E-state index in [1.54, 1.807) is 24.3 Å². The van der Waals surface area contributed by atoms with Crippen molar-refractivity contribution in [3.8, 4) is 0 Å². The Hall–Kier alpha value is -2.04. The van der Waals surface area contributed by atoms with E-state index >= 15 is 0 Å². The predicted molar refractivity (Wildman–Crippen MR) is 82.8 cm³/mol. The minimum atomic E-state index is -0.265. The maximum absolute atomic E-state index is 11.9. The zero-order valence-corrected chi connectivity index (χ0v) is 12.4. The van der Waals surface area contributed by atoms with Crippen LogP contribution >= 0.6 is 0 Å². The molecule has 0 heterocycles. The largest absolute Gasteiger partial charge is 0.399 e. The van der Waals surface area contributed by atoms with Crippen LogP contribution in [0, 0.1) is 5.41 Å². The number of anilines is 1. The first-order valence-electron chi connectivity index (χ1n) is 7.45. The third-order valence-electron chi connectivity index (χ3n) is 4.41. The quantitative estimate of drug-likeness (QED) is 0.697. The number of nitrogens with one attached hydrogen (secondary N) is 2. The maximum Gasteiger partial charge on any atom is 0.251 e. The van der Waals surface area contributed by atoms with Crippen molar-refractivity contribution in [1.29, 1.82) is 0 Å². The van der Waals surface area contributed by atoms with Crippen molar-refractivity contribution >= 4 is 17.5 Å². The summed E-state index contributed by atoms with van der Waals surface area (Å²) in [6.45, 7) is 2.87. The van der Waals surface area contributed by atoms with E-state index in [4.69, 9.17) is 5.73 Å². The molecule has 5 heteroatoms. The van der Waals surface area contributed by atoms with Crippen LogP contribution in [0.3, 0.4) is 0 Å². The van der Waals surface area contributed by atoms with Crippen molar-refractivity contribution in [2.75, 3.05) is 18.8 Å². The number of hydrogen-bond donors (Lipinski definition) is 3. The first kappa shape index (κ1) is 15.4. The minimum absolute atomic E-state index is 0.00298. The Kier molecular flexibility index (Phi) is 4.83. The zero-order valence-electron chi connectivity index (χ0n) is 12.4. The molecule has 1 aromatic carbocycles. The topological polar surface area (TPSA) is 84.2 Å². The van der Waals surface area contributed by atoms with Gasteiger partial charge >= 0.3 is 0 Å². The van der Waals surface area contributed by atoms with Crippen LogP contribution in [-0.2, 0) is 4.79 Å². The summed E-state index contributed by atoms with van der Waals surface area (Å²) in [6.07, 6.45) is 4.70. The molecule has 114 valence electrons. The van der Waals surface area contributed by atoms with Crippen molar-refractivity contribution in [1.82, 2.24) is 10.6 Å². The summed E-state index contributed by atoms with van der Waals surface area (Å²) < 4.78 is 0. The van der Waals surface area contributed by atoms with E-state index in [0.29, 0.717) is 17.8 Å².